The fraction of sp³-hybridized carbons (Fsp3) is 0.538. The van der Waals surface area contributed by atoms with E-state index in [1.807, 2.05) is 6.92 Å². The fourth-order valence-electron chi connectivity index (χ4n) is 2.46. The molecular formula is C13H19N5O3. The molecule has 1 atom stereocenters. The largest absolute Gasteiger partial charge is 0.355 e. The van der Waals surface area contributed by atoms with Crippen LogP contribution in [0.4, 0.5) is 11.5 Å². The zero-order chi connectivity index (χ0) is 15.4. The number of nitrogens with one attached hydrogen (secondary N) is 2. The van der Waals surface area contributed by atoms with E-state index in [2.05, 4.69) is 15.6 Å². The number of pyridine rings is 1. The van der Waals surface area contributed by atoms with Crippen molar-refractivity contribution in [1.82, 2.24) is 15.6 Å². The number of amides is 1. The van der Waals surface area contributed by atoms with E-state index in [1.165, 1.54) is 6.20 Å². The highest BCUT2D eigenvalue weighted by atomic mass is 16.6. The molecule has 0 bridgehead atoms. The average Bonchev–Trinajstić information content (AvgIpc) is 2.47. The third kappa shape index (κ3) is 3.10. The van der Waals surface area contributed by atoms with Crippen molar-refractivity contribution in [2.45, 2.75) is 19.9 Å². The monoisotopic (exact) mass is 293 g/mol. The predicted octanol–water partition coefficient (Wildman–Crippen LogP) is 0.213. The number of nitro groups is 1. The molecule has 1 aliphatic rings. The van der Waals surface area contributed by atoms with Gasteiger partial charge in [0, 0.05) is 37.9 Å². The van der Waals surface area contributed by atoms with Crippen LogP contribution < -0.4 is 15.5 Å². The van der Waals surface area contributed by atoms with Crippen molar-refractivity contribution in [2.24, 2.45) is 0 Å². The summed E-state index contributed by atoms with van der Waals surface area (Å²) in [5.41, 5.74) is 0.506. The van der Waals surface area contributed by atoms with E-state index in [1.54, 1.807) is 17.9 Å². The van der Waals surface area contributed by atoms with Crippen molar-refractivity contribution in [3.05, 3.63) is 27.9 Å². The van der Waals surface area contributed by atoms with Gasteiger partial charge in [-0.25, -0.2) is 4.98 Å². The normalized spacial score (nSPS) is 18.4. The summed E-state index contributed by atoms with van der Waals surface area (Å²) in [6.45, 7) is 5.63. The Morgan fingerprint density at radius 3 is 3.10 bits per heavy atom. The Labute approximate surface area is 122 Å². The minimum Gasteiger partial charge on any atom is -0.355 e. The first kappa shape index (κ1) is 15.2. The Balaban J connectivity index is 2.40. The van der Waals surface area contributed by atoms with Crippen LogP contribution in [0, 0.1) is 17.0 Å². The van der Waals surface area contributed by atoms with E-state index in [0.29, 0.717) is 31.7 Å². The van der Waals surface area contributed by atoms with Crippen LogP contribution in [-0.4, -0.2) is 48.0 Å². The molecule has 0 aromatic carbocycles. The summed E-state index contributed by atoms with van der Waals surface area (Å²) in [5.74, 6) is 0.111. The molecule has 1 aromatic heterocycles. The van der Waals surface area contributed by atoms with Gasteiger partial charge in [-0.2, -0.15) is 0 Å². The van der Waals surface area contributed by atoms with Gasteiger partial charge in [0.05, 0.1) is 4.92 Å². The van der Waals surface area contributed by atoms with Gasteiger partial charge in [0.1, 0.15) is 6.04 Å². The van der Waals surface area contributed by atoms with Crippen LogP contribution in [0.25, 0.3) is 0 Å². The van der Waals surface area contributed by atoms with Gasteiger partial charge in [-0.05, 0) is 19.9 Å². The number of anilines is 1. The van der Waals surface area contributed by atoms with Crippen LogP contribution in [0.15, 0.2) is 12.3 Å². The minimum absolute atomic E-state index is 0.0336. The van der Waals surface area contributed by atoms with E-state index in [4.69, 9.17) is 0 Å². The van der Waals surface area contributed by atoms with E-state index in [9.17, 15) is 14.9 Å². The van der Waals surface area contributed by atoms with E-state index >= 15 is 0 Å². The lowest BCUT2D eigenvalue weighted by Crippen LogP contribution is -2.58. The van der Waals surface area contributed by atoms with E-state index < -0.39 is 11.0 Å². The highest BCUT2D eigenvalue weighted by molar-refractivity contribution is 5.86. The smallest absolute Gasteiger partial charge is 0.314 e. The van der Waals surface area contributed by atoms with Gasteiger partial charge < -0.3 is 15.5 Å². The molecule has 0 saturated carbocycles. The Hall–Kier alpha value is -2.22. The molecule has 2 rings (SSSR count). The number of aryl methyl sites for hydroxylation is 1. The van der Waals surface area contributed by atoms with Crippen molar-refractivity contribution in [3.63, 3.8) is 0 Å². The topological polar surface area (TPSA) is 100 Å². The molecule has 0 aliphatic carbocycles. The minimum atomic E-state index is -0.494. The van der Waals surface area contributed by atoms with Gasteiger partial charge in [0.2, 0.25) is 11.7 Å². The summed E-state index contributed by atoms with van der Waals surface area (Å²) in [4.78, 5) is 28.9. The number of likely N-dealkylation sites (N-methyl/N-ethyl adjacent to an activating group) is 1. The number of carbonyl (C=O) groups is 1. The quantitative estimate of drug-likeness (QED) is 0.608. The molecule has 1 fully saturated rings. The maximum atomic E-state index is 12.2. The lowest BCUT2D eigenvalue weighted by molar-refractivity contribution is -0.384. The molecule has 0 spiro atoms. The molecule has 114 valence electrons. The number of rotatable bonds is 4. The Morgan fingerprint density at radius 1 is 1.67 bits per heavy atom. The molecule has 8 nitrogen and oxygen atoms in total. The SMILES string of the molecule is CCNC(=O)C1CNCCN1c1nccc(C)c1[N+](=O)[O-]. The summed E-state index contributed by atoms with van der Waals surface area (Å²) < 4.78 is 0. The Morgan fingerprint density at radius 2 is 2.43 bits per heavy atom. The first-order valence-electron chi connectivity index (χ1n) is 6.91. The first-order valence-corrected chi connectivity index (χ1v) is 6.91. The highest BCUT2D eigenvalue weighted by Crippen LogP contribution is 2.30. The molecule has 2 N–H and O–H groups in total. The molecular weight excluding hydrogens is 274 g/mol. The fourth-order valence-corrected chi connectivity index (χ4v) is 2.46. The van der Waals surface area contributed by atoms with Gasteiger partial charge in [-0.3, -0.25) is 14.9 Å². The third-order valence-corrected chi connectivity index (χ3v) is 3.46. The molecule has 8 heteroatoms. The molecule has 1 amide bonds. The molecule has 0 radical (unpaired) electrons. The lowest BCUT2D eigenvalue weighted by atomic mass is 10.1. The van der Waals surface area contributed by atoms with Gasteiger partial charge >= 0.3 is 5.69 Å². The lowest BCUT2D eigenvalue weighted by Gasteiger charge is -2.35. The first-order chi connectivity index (χ1) is 10.1. The van der Waals surface area contributed by atoms with E-state index in [0.717, 1.165) is 0 Å². The number of nitrogens with zero attached hydrogens (tertiary/aromatic N) is 3. The molecule has 21 heavy (non-hydrogen) atoms. The maximum Gasteiger partial charge on any atom is 0.314 e. The summed E-state index contributed by atoms with van der Waals surface area (Å²) >= 11 is 0. The second-order valence-corrected chi connectivity index (χ2v) is 4.87. The molecule has 1 unspecified atom stereocenters. The Kier molecular flexibility index (Phi) is 4.69. The predicted molar refractivity (Wildman–Crippen MR) is 78.3 cm³/mol. The Bertz CT molecular complexity index is 549. The molecule has 1 saturated heterocycles. The van der Waals surface area contributed by atoms with E-state index in [-0.39, 0.29) is 17.4 Å². The van der Waals surface area contributed by atoms with Crippen LogP contribution in [0.5, 0.6) is 0 Å². The van der Waals surface area contributed by atoms with Gasteiger partial charge in [0.25, 0.3) is 0 Å². The number of hydrogen-bond donors (Lipinski definition) is 2. The van der Waals surface area contributed by atoms with Crippen molar-refractivity contribution >= 4 is 17.4 Å². The molecule has 1 aliphatic heterocycles. The third-order valence-electron chi connectivity index (χ3n) is 3.46. The van der Waals surface area contributed by atoms with Crippen molar-refractivity contribution < 1.29 is 9.72 Å². The van der Waals surface area contributed by atoms with Crippen molar-refractivity contribution in [3.8, 4) is 0 Å². The summed E-state index contributed by atoms with van der Waals surface area (Å²) in [7, 11) is 0. The summed E-state index contributed by atoms with van der Waals surface area (Å²) in [6, 6.07) is 1.11. The summed E-state index contributed by atoms with van der Waals surface area (Å²) in [5, 5.41) is 17.2. The standard InChI is InChI=1S/C13H19N5O3/c1-3-15-13(19)10-8-14-6-7-17(10)12-11(18(20)21)9(2)4-5-16-12/h4-5,10,14H,3,6-8H2,1-2H3,(H,15,19). The molecule has 2 heterocycles. The van der Waals surface area contributed by atoms with Crippen LogP contribution in [0.1, 0.15) is 12.5 Å². The van der Waals surface area contributed by atoms with Gasteiger partial charge in [0.15, 0.2) is 0 Å². The van der Waals surface area contributed by atoms with Crippen LogP contribution in [0.3, 0.4) is 0 Å². The second kappa shape index (κ2) is 6.49. The van der Waals surface area contributed by atoms with Crippen LogP contribution >= 0.6 is 0 Å². The number of hydrogen-bond acceptors (Lipinski definition) is 6. The average molecular weight is 293 g/mol. The van der Waals surface area contributed by atoms with Crippen molar-refractivity contribution in [1.29, 1.82) is 0 Å². The number of piperazine rings is 1. The maximum absolute atomic E-state index is 12.2. The van der Waals surface area contributed by atoms with Gasteiger partial charge in [-0.1, -0.05) is 0 Å². The van der Waals surface area contributed by atoms with Crippen molar-refractivity contribution in [2.75, 3.05) is 31.1 Å². The summed E-state index contributed by atoms with van der Waals surface area (Å²) in [6.07, 6.45) is 1.54. The van der Waals surface area contributed by atoms with Crippen LogP contribution in [-0.2, 0) is 4.79 Å². The molecule has 1 aromatic rings. The zero-order valence-electron chi connectivity index (χ0n) is 12.1. The number of carbonyl (C=O) groups excluding carboxylic acids is 1. The number of aromatic nitrogens is 1. The van der Waals surface area contributed by atoms with Gasteiger partial charge in [-0.15, -0.1) is 0 Å². The highest BCUT2D eigenvalue weighted by Gasteiger charge is 2.34. The van der Waals surface area contributed by atoms with Crippen LogP contribution in [0.2, 0.25) is 0 Å². The second-order valence-electron chi connectivity index (χ2n) is 4.87. The zero-order valence-corrected chi connectivity index (χ0v) is 12.1.